The van der Waals surface area contributed by atoms with Crippen molar-refractivity contribution in [3.63, 3.8) is 0 Å². The van der Waals surface area contributed by atoms with Crippen LogP contribution in [0.15, 0.2) is 60.7 Å². The smallest absolute Gasteiger partial charge is 0.256 e. The third-order valence-electron chi connectivity index (χ3n) is 5.56. The van der Waals surface area contributed by atoms with Crippen molar-refractivity contribution in [2.24, 2.45) is 0 Å². The summed E-state index contributed by atoms with van der Waals surface area (Å²) in [5.74, 6) is 0.438. The Kier molecular flexibility index (Phi) is 4.99. The molecule has 0 radical (unpaired) electrons. The standard InChI is InChI=1S/C24H23N3O/c1-17(18-10-4-2-5-11-18)27-22-15-9-8-14-20(22)21(16-25)23(27)26-24(28)19-12-6-3-7-13-19/h2-7,10-13,17H,8-9,14-15H2,1H3,(H,26,28)/t17-/m1/s1. The molecule has 0 aliphatic heterocycles. The van der Waals surface area contributed by atoms with Crippen LogP contribution in [0.1, 0.15) is 58.5 Å². The van der Waals surface area contributed by atoms with Crippen LogP contribution in [0, 0.1) is 11.3 Å². The highest BCUT2D eigenvalue weighted by molar-refractivity contribution is 6.04. The zero-order chi connectivity index (χ0) is 19.5. The summed E-state index contributed by atoms with van der Waals surface area (Å²) in [5.41, 5.74) is 4.64. The summed E-state index contributed by atoms with van der Waals surface area (Å²) < 4.78 is 2.17. The zero-order valence-electron chi connectivity index (χ0n) is 16.0. The molecule has 1 aliphatic carbocycles. The number of carbonyl (C=O) groups excluding carboxylic acids is 1. The van der Waals surface area contributed by atoms with Crippen molar-refractivity contribution >= 4 is 11.7 Å². The normalized spacial score (nSPS) is 14.0. The van der Waals surface area contributed by atoms with Crippen molar-refractivity contribution in [2.45, 2.75) is 38.6 Å². The van der Waals surface area contributed by atoms with Crippen LogP contribution in [0.25, 0.3) is 0 Å². The number of nitrogens with one attached hydrogen (secondary N) is 1. The lowest BCUT2D eigenvalue weighted by atomic mass is 9.95. The minimum atomic E-state index is -0.187. The molecule has 0 spiro atoms. The Morgan fingerprint density at radius 3 is 2.36 bits per heavy atom. The molecular formula is C24H23N3O. The van der Waals surface area contributed by atoms with Gasteiger partial charge in [-0.25, -0.2) is 0 Å². The van der Waals surface area contributed by atoms with Crippen LogP contribution in [-0.4, -0.2) is 10.5 Å². The largest absolute Gasteiger partial charge is 0.323 e. The van der Waals surface area contributed by atoms with Crippen LogP contribution in [0.2, 0.25) is 0 Å². The van der Waals surface area contributed by atoms with Gasteiger partial charge in [-0.1, -0.05) is 48.5 Å². The van der Waals surface area contributed by atoms with E-state index in [9.17, 15) is 10.1 Å². The second-order valence-electron chi connectivity index (χ2n) is 7.24. The molecule has 1 amide bonds. The first-order valence-corrected chi connectivity index (χ1v) is 9.78. The SMILES string of the molecule is C[C@H](c1ccccc1)n1c2c(c(C#N)c1NC(=O)c1ccccc1)CCCC2. The number of anilines is 1. The predicted octanol–water partition coefficient (Wildman–Crippen LogP) is 5.10. The number of rotatable bonds is 4. The van der Waals surface area contributed by atoms with E-state index in [-0.39, 0.29) is 11.9 Å². The number of nitriles is 1. The van der Waals surface area contributed by atoms with Crippen molar-refractivity contribution in [1.29, 1.82) is 5.26 Å². The minimum Gasteiger partial charge on any atom is -0.323 e. The number of benzene rings is 2. The van der Waals surface area contributed by atoms with Crippen LogP contribution < -0.4 is 5.32 Å². The Balaban J connectivity index is 1.83. The second-order valence-corrected chi connectivity index (χ2v) is 7.24. The molecule has 0 unspecified atom stereocenters. The maximum atomic E-state index is 12.9. The summed E-state index contributed by atoms with van der Waals surface area (Å²) >= 11 is 0. The van der Waals surface area contributed by atoms with Gasteiger partial charge in [0.1, 0.15) is 11.9 Å². The van der Waals surface area contributed by atoms with Crippen molar-refractivity contribution in [1.82, 2.24) is 4.57 Å². The van der Waals surface area contributed by atoms with Gasteiger partial charge >= 0.3 is 0 Å². The molecule has 1 aliphatic rings. The Morgan fingerprint density at radius 2 is 1.68 bits per heavy atom. The van der Waals surface area contributed by atoms with Gasteiger partial charge in [-0.05, 0) is 55.9 Å². The average Bonchev–Trinajstić information content (AvgIpc) is 3.07. The molecule has 4 nitrogen and oxygen atoms in total. The maximum Gasteiger partial charge on any atom is 0.256 e. The van der Waals surface area contributed by atoms with E-state index in [2.05, 4.69) is 35.0 Å². The lowest BCUT2D eigenvalue weighted by molar-refractivity contribution is 0.102. The number of fused-ring (bicyclic) bond motifs is 1. The molecule has 4 rings (SSSR count). The van der Waals surface area contributed by atoms with Gasteiger partial charge < -0.3 is 9.88 Å². The van der Waals surface area contributed by atoms with Gasteiger partial charge in [0.15, 0.2) is 0 Å². The van der Waals surface area contributed by atoms with E-state index in [1.54, 1.807) is 12.1 Å². The van der Waals surface area contributed by atoms with E-state index < -0.39 is 0 Å². The van der Waals surface area contributed by atoms with E-state index >= 15 is 0 Å². The van der Waals surface area contributed by atoms with E-state index in [1.165, 1.54) is 5.69 Å². The van der Waals surface area contributed by atoms with Crippen LogP contribution in [-0.2, 0) is 12.8 Å². The Labute approximate surface area is 165 Å². The van der Waals surface area contributed by atoms with Crippen molar-refractivity contribution in [2.75, 3.05) is 5.32 Å². The highest BCUT2D eigenvalue weighted by atomic mass is 16.1. The Bertz CT molecular complexity index is 1030. The van der Waals surface area contributed by atoms with Crippen LogP contribution in [0.4, 0.5) is 5.82 Å². The number of nitrogens with zero attached hydrogens (tertiary/aromatic N) is 2. The molecule has 2 aromatic carbocycles. The maximum absolute atomic E-state index is 12.9. The van der Waals surface area contributed by atoms with Crippen LogP contribution >= 0.6 is 0 Å². The highest BCUT2D eigenvalue weighted by Crippen LogP contribution is 2.37. The van der Waals surface area contributed by atoms with Crippen molar-refractivity contribution in [3.8, 4) is 6.07 Å². The van der Waals surface area contributed by atoms with E-state index in [0.717, 1.165) is 36.8 Å². The first kappa shape index (κ1) is 18.1. The predicted molar refractivity (Wildman–Crippen MR) is 110 cm³/mol. The Morgan fingerprint density at radius 1 is 1.04 bits per heavy atom. The van der Waals surface area contributed by atoms with Gasteiger partial charge in [-0.2, -0.15) is 5.26 Å². The van der Waals surface area contributed by atoms with E-state index in [4.69, 9.17) is 0 Å². The molecule has 1 aromatic heterocycles. The molecular weight excluding hydrogens is 346 g/mol. The number of hydrogen-bond donors (Lipinski definition) is 1. The number of hydrogen-bond acceptors (Lipinski definition) is 2. The molecule has 140 valence electrons. The summed E-state index contributed by atoms with van der Waals surface area (Å²) in [4.78, 5) is 12.9. The molecule has 0 saturated heterocycles. The molecule has 3 aromatic rings. The summed E-state index contributed by atoms with van der Waals surface area (Å²) in [6.45, 7) is 2.13. The first-order valence-electron chi connectivity index (χ1n) is 9.78. The number of carbonyl (C=O) groups is 1. The molecule has 0 bridgehead atoms. The van der Waals surface area contributed by atoms with Gasteiger partial charge in [0.05, 0.1) is 11.6 Å². The fraction of sp³-hybridized carbons (Fsp3) is 0.250. The Hall–Kier alpha value is -3.32. The summed E-state index contributed by atoms with van der Waals surface area (Å²) in [6.07, 6.45) is 4.01. The van der Waals surface area contributed by atoms with Gasteiger partial charge in [0.2, 0.25) is 0 Å². The summed E-state index contributed by atoms with van der Waals surface area (Å²) in [6, 6.07) is 21.8. The number of amides is 1. The highest BCUT2D eigenvalue weighted by Gasteiger charge is 2.28. The summed E-state index contributed by atoms with van der Waals surface area (Å²) in [7, 11) is 0. The van der Waals surface area contributed by atoms with Crippen molar-refractivity contribution < 1.29 is 4.79 Å². The lowest BCUT2D eigenvalue weighted by Crippen LogP contribution is -2.19. The third-order valence-corrected chi connectivity index (χ3v) is 5.56. The van der Waals surface area contributed by atoms with Gasteiger partial charge in [-0.3, -0.25) is 4.79 Å². The fourth-order valence-corrected chi connectivity index (χ4v) is 4.14. The number of aromatic nitrogens is 1. The van der Waals surface area contributed by atoms with Crippen LogP contribution in [0.3, 0.4) is 0 Å². The third kappa shape index (κ3) is 3.20. The topological polar surface area (TPSA) is 57.8 Å². The second kappa shape index (κ2) is 7.74. The molecule has 0 saturated carbocycles. The van der Waals surface area contributed by atoms with Crippen molar-refractivity contribution in [3.05, 3.63) is 88.6 Å². The van der Waals surface area contributed by atoms with Gasteiger partial charge in [0, 0.05) is 11.3 Å². The van der Waals surface area contributed by atoms with Crippen LogP contribution in [0.5, 0.6) is 0 Å². The van der Waals surface area contributed by atoms with E-state index in [0.29, 0.717) is 16.9 Å². The minimum absolute atomic E-state index is 0.0289. The molecule has 4 heteroatoms. The van der Waals surface area contributed by atoms with Gasteiger partial charge in [0.25, 0.3) is 5.91 Å². The fourth-order valence-electron chi connectivity index (χ4n) is 4.14. The molecule has 0 fully saturated rings. The lowest BCUT2D eigenvalue weighted by Gasteiger charge is -2.23. The average molecular weight is 369 g/mol. The molecule has 1 N–H and O–H groups in total. The zero-order valence-corrected chi connectivity index (χ0v) is 16.0. The summed E-state index contributed by atoms with van der Waals surface area (Å²) in [5, 5.41) is 13.0. The monoisotopic (exact) mass is 369 g/mol. The van der Waals surface area contributed by atoms with E-state index in [1.807, 2.05) is 36.4 Å². The molecule has 1 atom stereocenters. The molecule has 1 heterocycles. The molecule has 28 heavy (non-hydrogen) atoms. The first-order chi connectivity index (χ1) is 13.7. The quantitative estimate of drug-likeness (QED) is 0.695. The van der Waals surface area contributed by atoms with Gasteiger partial charge in [-0.15, -0.1) is 0 Å².